The number of aliphatic imine (C=N–C) groups is 1. The molecule has 0 aliphatic carbocycles. The van der Waals surface area contributed by atoms with E-state index in [1.807, 2.05) is 24.3 Å². The van der Waals surface area contributed by atoms with Crippen molar-refractivity contribution in [3.63, 3.8) is 0 Å². The van der Waals surface area contributed by atoms with Crippen LogP contribution in [-0.4, -0.2) is 18.4 Å². The molecule has 2 aromatic rings. The fourth-order valence-electron chi connectivity index (χ4n) is 1.93. The lowest BCUT2D eigenvalue weighted by Crippen LogP contribution is -2.24. The predicted molar refractivity (Wildman–Crippen MR) is 81.7 cm³/mol. The van der Waals surface area contributed by atoms with Gasteiger partial charge in [-0.1, -0.05) is 64.5 Å². The molecule has 0 spiro atoms. The number of hydrogen-bond donors (Lipinski definition) is 0. The average Bonchev–Trinajstić information content (AvgIpc) is 2.45. The molecule has 5 heteroatoms. The first-order chi connectivity index (χ1) is 9.98. The minimum Gasteiger partial charge on any atom is -0.280 e. The van der Waals surface area contributed by atoms with Crippen molar-refractivity contribution < 1.29 is 13.2 Å². The summed E-state index contributed by atoms with van der Waals surface area (Å²) in [4.78, 5) is 3.77. The van der Waals surface area contributed by atoms with E-state index in [-0.39, 0.29) is 12.1 Å². The van der Waals surface area contributed by atoms with Crippen molar-refractivity contribution in [1.82, 2.24) is 0 Å². The molecule has 0 unspecified atom stereocenters. The Morgan fingerprint density at radius 3 is 2.19 bits per heavy atom. The van der Waals surface area contributed by atoms with Gasteiger partial charge in [0.05, 0.1) is 0 Å². The van der Waals surface area contributed by atoms with Crippen LogP contribution < -0.4 is 0 Å². The van der Waals surface area contributed by atoms with Crippen molar-refractivity contribution in [2.24, 2.45) is 4.99 Å². The van der Waals surface area contributed by atoms with Gasteiger partial charge in [-0.05, 0) is 18.1 Å². The lowest BCUT2D eigenvalue weighted by atomic mass is 10.1. The van der Waals surface area contributed by atoms with Gasteiger partial charge >= 0.3 is 6.18 Å². The molecule has 0 fully saturated rings. The molecule has 1 nitrogen and oxygen atoms in total. The Bertz CT molecular complexity index is 621. The number of nitrogens with zero attached hydrogens (tertiary/aromatic N) is 1. The van der Waals surface area contributed by atoms with Crippen molar-refractivity contribution in [1.29, 1.82) is 0 Å². The zero-order chi connectivity index (χ0) is 15.3. The molecule has 0 radical (unpaired) electrons. The molecule has 0 N–H and O–H groups in total. The third kappa shape index (κ3) is 4.43. The minimum absolute atomic E-state index is 0.0896. The molecule has 0 saturated heterocycles. The first-order valence-electron chi connectivity index (χ1n) is 6.39. The predicted octanol–water partition coefficient (Wildman–Crippen LogP) is 5.04. The van der Waals surface area contributed by atoms with E-state index >= 15 is 0 Å². The summed E-state index contributed by atoms with van der Waals surface area (Å²) in [6, 6.07) is 15.1. The molecule has 0 amide bonds. The van der Waals surface area contributed by atoms with E-state index in [4.69, 9.17) is 0 Å². The Kier molecular flexibility index (Phi) is 5.17. The second kappa shape index (κ2) is 6.89. The molecular weight excluding hydrogens is 343 g/mol. The molecule has 2 rings (SSSR count). The Morgan fingerprint density at radius 2 is 1.57 bits per heavy atom. The maximum atomic E-state index is 13.1. The summed E-state index contributed by atoms with van der Waals surface area (Å²) in [5.41, 5.74) is 0.211. The van der Waals surface area contributed by atoms with Gasteiger partial charge in [-0.25, -0.2) is 0 Å². The standard InChI is InChI=1S/C16H13BrF3N/c17-14-9-5-4-6-12(14)10-11-21-15(16(18,19)20)13-7-2-1-3-8-13/h1-9H,10-11H2. The third-order valence-electron chi connectivity index (χ3n) is 2.92. The molecular formula is C16H13BrF3N. The van der Waals surface area contributed by atoms with Crippen LogP contribution in [0.4, 0.5) is 13.2 Å². The van der Waals surface area contributed by atoms with Crippen molar-refractivity contribution in [3.8, 4) is 0 Å². The summed E-state index contributed by atoms with van der Waals surface area (Å²) >= 11 is 3.38. The first-order valence-corrected chi connectivity index (χ1v) is 7.18. The van der Waals surface area contributed by atoms with Crippen LogP contribution in [0.2, 0.25) is 0 Å². The van der Waals surface area contributed by atoms with E-state index in [9.17, 15) is 13.2 Å². The summed E-state index contributed by atoms with van der Waals surface area (Å²) in [5, 5.41) is 0. The van der Waals surface area contributed by atoms with Crippen molar-refractivity contribution >= 4 is 21.6 Å². The topological polar surface area (TPSA) is 12.4 Å². The van der Waals surface area contributed by atoms with Crippen molar-refractivity contribution in [3.05, 3.63) is 70.2 Å². The Balaban J connectivity index is 2.17. The fourth-order valence-corrected chi connectivity index (χ4v) is 2.41. The van der Waals surface area contributed by atoms with E-state index in [1.165, 1.54) is 12.1 Å². The molecule has 0 saturated carbocycles. The van der Waals surface area contributed by atoms with Gasteiger partial charge in [-0.2, -0.15) is 13.2 Å². The van der Waals surface area contributed by atoms with Gasteiger partial charge in [-0.3, -0.25) is 4.99 Å². The number of halogens is 4. The Hall–Kier alpha value is -1.62. The van der Waals surface area contributed by atoms with Gasteiger partial charge in [0.2, 0.25) is 0 Å². The third-order valence-corrected chi connectivity index (χ3v) is 3.70. The van der Waals surface area contributed by atoms with E-state index in [2.05, 4.69) is 20.9 Å². The van der Waals surface area contributed by atoms with Crippen molar-refractivity contribution in [2.45, 2.75) is 12.6 Å². The first kappa shape index (κ1) is 15.8. The van der Waals surface area contributed by atoms with Gasteiger partial charge in [0.25, 0.3) is 0 Å². The minimum atomic E-state index is -4.45. The highest BCUT2D eigenvalue weighted by Gasteiger charge is 2.36. The number of alkyl halides is 3. The van der Waals surface area contributed by atoms with Crippen LogP contribution in [0.15, 0.2) is 64.1 Å². The van der Waals surface area contributed by atoms with Crippen LogP contribution in [0.25, 0.3) is 0 Å². The van der Waals surface area contributed by atoms with Gasteiger partial charge < -0.3 is 0 Å². The average molecular weight is 356 g/mol. The van der Waals surface area contributed by atoms with Gasteiger partial charge in [0.15, 0.2) is 0 Å². The van der Waals surface area contributed by atoms with E-state index < -0.39 is 11.9 Å². The maximum Gasteiger partial charge on any atom is 0.433 e. The van der Waals surface area contributed by atoms with E-state index in [0.717, 1.165) is 10.0 Å². The van der Waals surface area contributed by atoms with Crippen LogP contribution in [0.1, 0.15) is 11.1 Å². The number of hydrogen-bond acceptors (Lipinski definition) is 1. The summed E-state index contributed by atoms with van der Waals surface area (Å²) in [5.74, 6) is 0. The van der Waals surface area contributed by atoms with Gasteiger partial charge in [0.1, 0.15) is 5.71 Å². The fraction of sp³-hybridized carbons (Fsp3) is 0.188. The van der Waals surface area contributed by atoms with Crippen LogP contribution in [0.3, 0.4) is 0 Å². The normalized spacial score (nSPS) is 12.5. The van der Waals surface area contributed by atoms with E-state index in [1.54, 1.807) is 18.2 Å². The molecule has 0 aliphatic heterocycles. The lowest BCUT2D eigenvalue weighted by Gasteiger charge is -2.11. The van der Waals surface area contributed by atoms with Crippen LogP contribution >= 0.6 is 15.9 Å². The molecule has 0 aliphatic rings. The lowest BCUT2D eigenvalue weighted by molar-refractivity contribution is -0.0582. The molecule has 0 bridgehead atoms. The monoisotopic (exact) mass is 355 g/mol. The summed E-state index contributed by atoms with van der Waals surface area (Å²) in [6.07, 6.45) is -4.00. The second-order valence-electron chi connectivity index (χ2n) is 4.44. The Morgan fingerprint density at radius 1 is 0.952 bits per heavy atom. The Labute approximate surface area is 129 Å². The quantitative estimate of drug-likeness (QED) is 0.681. The molecule has 0 aromatic heterocycles. The largest absolute Gasteiger partial charge is 0.433 e. The molecule has 0 atom stereocenters. The summed E-state index contributed by atoms with van der Waals surface area (Å²) in [6.45, 7) is 0.0896. The number of benzene rings is 2. The summed E-state index contributed by atoms with van der Waals surface area (Å²) < 4.78 is 40.1. The van der Waals surface area contributed by atoms with Gasteiger partial charge in [0, 0.05) is 16.6 Å². The molecule has 2 aromatic carbocycles. The molecule has 110 valence electrons. The highest BCUT2D eigenvalue weighted by Crippen LogP contribution is 2.23. The summed E-state index contributed by atoms with van der Waals surface area (Å²) in [7, 11) is 0. The molecule has 21 heavy (non-hydrogen) atoms. The van der Waals surface area contributed by atoms with Crippen LogP contribution in [0.5, 0.6) is 0 Å². The highest BCUT2D eigenvalue weighted by atomic mass is 79.9. The number of rotatable bonds is 4. The zero-order valence-electron chi connectivity index (χ0n) is 11.1. The molecule has 0 heterocycles. The zero-order valence-corrected chi connectivity index (χ0v) is 12.7. The second-order valence-corrected chi connectivity index (χ2v) is 5.29. The van der Waals surface area contributed by atoms with E-state index in [0.29, 0.717) is 6.42 Å². The smallest absolute Gasteiger partial charge is 0.280 e. The maximum absolute atomic E-state index is 13.1. The highest BCUT2D eigenvalue weighted by molar-refractivity contribution is 9.10. The van der Waals surface area contributed by atoms with Crippen LogP contribution in [0, 0.1) is 0 Å². The van der Waals surface area contributed by atoms with Crippen LogP contribution in [-0.2, 0) is 6.42 Å². The van der Waals surface area contributed by atoms with Gasteiger partial charge in [-0.15, -0.1) is 0 Å². The SMILES string of the molecule is FC(F)(F)C(=NCCc1ccccc1Br)c1ccccc1. The van der Waals surface area contributed by atoms with Crippen molar-refractivity contribution in [2.75, 3.05) is 6.54 Å².